The molecule has 1 amide bonds. The lowest BCUT2D eigenvalue weighted by molar-refractivity contribution is -0.138. The maximum atomic E-state index is 14.1. The van der Waals surface area contributed by atoms with Gasteiger partial charge < -0.3 is 20.3 Å². The molecule has 1 heterocycles. The van der Waals surface area contributed by atoms with Crippen LogP contribution in [0.2, 0.25) is 0 Å². The van der Waals surface area contributed by atoms with Crippen LogP contribution in [-0.2, 0) is 22.4 Å². The summed E-state index contributed by atoms with van der Waals surface area (Å²) in [6, 6.07) is 32.8. The normalized spacial score (nSPS) is 22.6. The van der Waals surface area contributed by atoms with Crippen molar-refractivity contribution in [2.75, 3.05) is 12.5 Å². The Morgan fingerprint density at radius 1 is 0.900 bits per heavy atom. The van der Waals surface area contributed by atoms with Gasteiger partial charge in [-0.15, -0.1) is 11.8 Å². The smallest absolute Gasteiger partial charge is 0.407 e. The van der Waals surface area contributed by atoms with E-state index >= 15 is 0 Å². The van der Waals surface area contributed by atoms with Gasteiger partial charge in [-0.2, -0.15) is 0 Å². The molecule has 8 heteroatoms. The van der Waals surface area contributed by atoms with E-state index in [2.05, 4.69) is 48.6 Å². The van der Waals surface area contributed by atoms with Gasteiger partial charge in [-0.25, -0.2) is 4.79 Å². The summed E-state index contributed by atoms with van der Waals surface area (Å²) in [5.41, 5.74) is 7.89. The number of hydrogen-bond acceptors (Lipinski definition) is 7. The number of fused-ring (bicyclic) bond motifs is 3. The van der Waals surface area contributed by atoms with Crippen LogP contribution in [0.15, 0.2) is 103 Å². The lowest BCUT2D eigenvalue weighted by Crippen LogP contribution is -2.59. The van der Waals surface area contributed by atoms with E-state index in [4.69, 9.17) is 4.74 Å². The minimum Gasteiger partial charge on any atom is -0.449 e. The summed E-state index contributed by atoms with van der Waals surface area (Å²) in [5.74, 6) is 0.594. The second-order valence-electron chi connectivity index (χ2n) is 14.6. The number of Topliss-reactive ketones (excluding diaryl/α,β-unsaturated/α-hetero) is 1. The predicted octanol–water partition coefficient (Wildman–Crippen LogP) is 6.73. The standard InChI is InChI=1S/C42H46N2O5S/c1-26-13-7-8-16-28(26)22-29-23-34(29)37(45)39-42(2,3)50-25-44(39)40(47)38(46)36(21-27-14-5-4-6-15-27)43-41(48)49-24-35-32-19-11-9-17-30(32)31-18-10-12-20-33(31)35/h4-20,29,34-36,38-40,46-47H,21-25H2,1-3H3,(H,43,48)/t29?,34-,36-,38-,39+,40?/m0/s1. The van der Waals surface area contributed by atoms with Gasteiger partial charge in [0, 0.05) is 22.5 Å². The van der Waals surface area contributed by atoms with Crippen LogP contribution in [0.3, 0.4) is 0 Å². The molecule has 4 aromatic carbocycles. The summed E-state index contributed by atoms with van der Waals surface area (Å²) in [6.45, 7) is 6.31. The SMILES string of the molecule is Cc1ccccc1CC1C[C@@H]1C(=O)[C@H]1N(C(O)[C@@H](O)[C@H](Cc2ccccc2)NC(=O)OCC2c3ccccc3-c3ccccc32)CSC1(C)C. The van der Waals surface area contributed by atoms with Gasteiger partial charge in [0.1, 0.15) is 18.9 Å². The van der Waals surface area contributed by atoms with Crippen LogP contribution < -0.4 is 5.32 Å². The number of thioether (sulfide) groups is 1. The van der Waals surface area contributed by atoms with Crippen molar-refractivity contribution in [2.45, 2.75) is 75.1 Å². The Morgan fingerprint density at radius 3 is 2.20 bits per heavy atom. The molecular formula is C42H46N2O5S. The molecule has 1 aliphatic heterocycles. The highest BCUT2D eigenvalue weighted by molar-refractivity contribution is 8.00. The molecule has 3 aliphatic rings. The summed E-state index contributed by atoms with van der Waals surface area (Å²) in [4.78, 5) is 29.3. The molecule has 2 fully saturated rings. The molecule has 0 aromatic heterocycles. The van der Waals surface area contributed by atoms with Gasteiger partial charge in [-0.3, -0.25) is 9.69 Å². The van der Waals surface area contributed by atoms with E-state index in [1.807, 2.05) is 80.6 Å². The Hall–Kier alpha value is -3.95. The van der Waals surface area contributed by atoms with E-state index in [-0.39, 0.29) is 36.6 Å². The first-order valence-corrected chi connectivity index (χ1v) is 18.6. The van der Waals surface area contributed by atoms with Gasteiger partial charge in [0.25, 0.3) is 0 Å². The van der Waals surface area contributed by atoms with Crippen molar-refractivity contribution in [2.24, 2.45) is 11.8 Å². The first-order chi connectivity index (χ1) is 24.1. The zero-order valence-corrected chi connectivity index (χ0v) is 29.7. The Kier molecular flexibility index (Phi) is 9.90. The minimum atomic E-state index is -1.39. The van der Waals surface area contributed by atoms with Crippen molar-refractivity contribution < 1.29 is 24.5 Å². The van der Waals surface area contributed by atoms with E-state index in [0.717, 1.165) is 40.7 Å². The van der Waals surface area contributed by atoms with Crippen LogP contribution in [0.4, 0.5) is 4.79 Å². The molecule has 0 bridgehead atoms. The number of carbonyl (C=O) groups is 2. The van der Waals surface area contributed by atoms with E-state index < -0.39 is 35.3 Å². The fourth-order valence-corrected chi connectivity index (χ4v) is 9.19. The summed E-state index contributed by atoms with van der Waals surface area (Å²) < 4.78 is 5.39. The minimum absolute atomic E-state index is 0.0801. The molecule has 0 radical (unpaired) electrons. The van der Waals surface area contributed by atoms with Crippen LogP contribution >= 0.6 is 11.8 Å². The molecule has 2 aliphatic carbocycles. The number of ketones is 1. The first-order valence-electron chi connectivity index (χ1n) is 17.6. The van der Waals surface area contributed by atoms with Crippen LogP contribution in [-0.4, -0.2) is 68.6 Å². The Labute approximate surface area is 299 Å². The highest BCUT2D eigenvalue weighted by Crippen LogP contribution is 2.49. The van der Waals surface area contributed by atoms with Crippen LogP contribution in [0, 0.1) is 18.8 Å². The van der Waals surface area contributed by atoms with Gasteiger partial charge in [0.15, 0.2) is 5.78 Å². The number of aliphatic hydroxyl groups excluding tert-OH is 2. The molecule has 2 unspecified atom stereocenters. The maximum absolute atomic E-state index is 14.1. The highest BCUT2D eigenvalue weighted by Gasteiger charge is 2.55. The number of aliphatic hydroxyl groups is 2. The second kappa shape index (κ2) is 14.3. The highest BCUT2D eigenvalue weighted by atomic mass is 32.2. The summed E-state index contributed by atoms with van der Waals surface area (Å²) >= 11 is 1.61. The van der Waals surface area contributed by atoms with Gasteiger partial charge in [0.2, 0.25) is 0 Å². The fraction of sp³-hybridized carbons (Fsp3) is 0.381. The molecule has 0 spiro atoms. The molecule has 6 atom stereocenters. The number of hydrogen-bond donors (Lipinski definition) is 3. The molecule has 3 N–H and O–H groups in total. The van der Waals surface area contributed by atoms with Crippen molar-refractivity contribution >= 4 is 23.6 Å². The second-order valence-corrected chi connectivity index (χ2v) is 16.2. The third-order valence-electron chi connectivity index (χ3n) is 10.9. The number of nitrogens with one attached hydrogen (secondary N) is 1. The van der Waals surface area contributed by atoms with Crippen molar-refractivity contribution in [3.8, 4) is 11.1 Å². The van der Waals surface area contributed by atoms with Crippen molar-refractivity contribution in [3.05, 3.63) is 131 Å². The van der Waals surface area contributed by atoms with Gasteiger partial charge in [0.05, 0.1) is 12.1 Å². The third-order valence-corrected chi connectivity index (χ3v) is 12.3. The van der Waals surface area contributed by atoms with Crippen LogP contribution in [0.25, 0.3) is 11.1 Å². The maximum Gasteiger partial charge on any atom is 0.407 e. The number of amides is 1. The molecule has 1 saturated heterocycles. The number of nitrogens with zero attached hydrogens (tertiary/aromatic N) is 1. The largest absolute Gasteiger partial charge is 0.449 e. The Morgan fingerprint density at radius 2 is 1.52 bits per heavy atom. The van der Waals surface area contributed by atoms with E-state index in [1.54, 1.807) is 16.7 Å². The van der Waals surface area contributed by atoms with Gasteiger partial charge >= 0.3 is 6.09 Å². The number of rotatable bonds is 12. The summed E-state index contributed by atoms with van der Waals surface area (Å²) in [5, 5.41) is 26.5. The third kappa shape index (κ3) is 6.99. The summed E-state index contributed by atoms with van der Waals surface area (Å²) in [7, 11) is 0. The Bertz CT molecular complexity index is 1800. The zero-order chi connectivity index (χ0) is 35.0. The molecule has 7 nitrogen and oxygen atoms in total. The van der Waals surface area contributed by atoms with Crippen molar-refractivity contribution in [1.29, 1.82) is 0 Å². The van der Waals surface area contributed by atoms with E-state index in [1.165, 1.54) is 11.1 Å². The van der Waals surface area contributed by atoms with Gasteiger partial charge in [-0.05, 0) is 84.9 Å². The quantitative estimate of drug-likeness (QED) is 0.152. The van der Waals surface area contributed by atoms with Crippen molar-refractivity contribution in [3.63, 3.8) is 0 Å². The first kappa shape index (κ1) is 34.5. The molecule has 1 saturated carbocycles. The molecular weight excluding hydrogens is 645 g/mol. The number of aryl methyl sites for hydroxylation is 1. The average molecular weight is 691 g/mol. The number of alkyl carbamates (subject to hydrolysis) is 1. The Balaban J connectivity index is 1.05. The fourth-order valence-electron chi connectivity index (χ4n) is 8.00. The molecule has 4 aromatic rings. The topological polar surface area (TPSA) is 99.1 Å². The van der Waals surface area contributed by atoms with Gasteiger partial charge in [-0.1, -0.05) is 103 Å². The van der Waals surface area contributed by atoms with Crippen LogP contribution in [0.5, 0.6) is 0 Å². The number of ether oxygens (including phenoxy) is 1. The lowest BCUT2D eigenvalue weighted by Gasteiger charge is -2.37. The zero-order valence-electron chi connectivity index (χ0n) is 28.9. The van der Waals surface area contributed by atoms with E-state index in [9.17, 15) is 19.8 Å². The molecule has 7 rings (SSSR count). The monoisotopic (exact) mass is 690 g/mol. The lowest BCUT2D eigenvalue weighted by atomic mass is 9.91. The summed E-state index contributed by atoms with van der Waals surface area (Å²) in [6.07, 6.45) is -1.47. The average Bonchev–Trinajstić information content (AvgIpc) is 3.72. The predicted molar refractivity (Wildman–Crippen MR) is 198 cm³/mol. The molecule has 50 heavy (non-hydrogen) atoms. The van der Waals surface area contributed by atoms with E-state index in [0.29, 0.717) is 5.88 Å². The van der Waals surface area contributed by atoms with Crippen molar-refractivity contribution in [1.82, 2.24) is 10.2 Å². The number of benzene rings is 4. The molecule has 260 valence electrons. The van der Waals surface area contributed by atoms with Crippen LogP contribution in [0.1, 0.15) is 54.0 Å². The number of carbonyl (C=O) groups excluding carboxylic acids is 2.